The monoisotopic (exact) mass is 317 g/mol. The highest BCUT2D eigenvalue weighted by Gasteiger charge is 2.25. The molecule has 0 amide bonds. The molecule has 0 saturated heterocycles. The Balaban J connectivity index is 1.70. The average molecular weight is 317 g/mol. The van der Waals surface area contributed by atoms with E-state index in [9.17, 15) is 0 Å². The number of guanidine groups is 1. The Morgan fingerprint density at radius 1 is 1.30 bits per heavy atom. The number of nitrogens with zero attached hydrogens (tertiary/aromatic N) is 1. The normalized spacial score (nSPS) is 18.3. The molecule has 0 bridgehead atoms. The van der Waals surface area contributed by atoms with Gasteiger partial charge in [0, 0.05) is 32.7 Å². The zero-order valence-corrected chi connectivity index (χ0v) is 14.9. The fourth-order valence-corrected chi connectivity index (χ4v) is 3.14. The van der Waals surface area contributed by atoms with E-state index in [-0.39, 0.29) is 0 Å². The van der Waals surface area contributed by atoms with Crippen LogP contribution in [-0.2, 0) is 11.2 Å². The van der Waals surface area contributed by atoms with Crippen LogP contribution in [0, 0.1) is 5.92 Å². The summed E-state index contributed by atoms with van der Waals surface area (Å²) in [5, 5.41) is 6.84. The molecule has 2 N–H and O–H groups in total. The molecule has 1 aliphatic rings. The lowest BCUT2D eigenvalue weighted by Crippen LogP contribution is -2.42. The van der Waals surface area contributed by atoms with Crippen molar-refractivity contribution >= 4 is 5.96 Å². The Kier molecular flexibility index (Phi) is 6.90. The first kappa shape index (κ1) is 17.8. The van der Waals surface area contributed by atoms with Crippen molar-refractivity contribution in [2.24, 2.45) is 10.9 Å². The van der Waals surface area contributed by atoms with Crippen LogP contribution in [0.5, 0.6) is 0 Å². The fraction of sp³-hybridized carbons (Fsp3) is 0.632. The van der Waals surface area contributed by atoms with Crippen molar-refractivity contribution < 1.29 is 4.74 Å². The summed E-state index contributed by atoms with van der Waals surface area (Å²) in [4.78, 5) is 4.32. The molecular weight excluding hydrogens is 286 g/mol. The van der Waals surface area contributed by atoms with E-state index in [0.717, 1.165) is 32.1 Å². The minimum atomic E-state index is 0.309. The highest BCUT2D eigenvalue weighted by atomic mass is 16.5. The van der Waals surface area contributed by atoms with Crippen molar-refractivity contribution in [3.63, 3.8) is 0 Å². The first-order valence-electron chi connectivity index (χ1n) is 8.79. The lowest BCUT2D eigenvalue weighted by molar-refractivity contribution is 0.0258. The van der Waals surface area contributed by atoms with Gasteiger partial charge in [-0.15, -0.1) is 0 Å². The molecule has 4 nitrogen and oxygen atoms in total. The van der Waals surface area contributed by atoms with Crippen LogP contribution in [0.15, 0.2) is 29.3 Å². The number of hydrogen-bond acceptors (Lipinski definition) is 2. The van der Waals surface area contributed by atoms with Crippen LogP contribution in [-0.4, -0.2) is 38.8 Å². The molecule has 1 aromatic carbocycles. The molecular formula is C19H31N3O. The van der Waals surface area contributed by atoms with Gasteiger partial charge >= 0.3 is 0 Å². The Morgan fingerprint density at radius 2 is 2.09 bits per heavy atom. The summed E-state index contributed by atoms with van der Waals surface area (Å²) in [7, 11) is 1.83. The van der Waals surface area contributed by atoms with Crippen LogP contribution in [0.25, 0.3) is 0 Å². The summed E-state index contributed by atoms with van der Waals surface area (Å²) in [6, 6.07) is 8.69. The molecule has 1 aromatic rings. The van der Waals surface area contributed by atoms with E-state index < -0.39 is 0 Å². The van der Waals surface area contributed by atoms with E-state index >= 15 is 0 Å². The van der Waals surface area contributed by atoms with E-state index in [1.165, 1.54) is 17.5 Å². The predicted molar refractivity (Wildman–Crippen MR) is 97.1 cm³/mol. The molecule has 0 aliphatic heterocycles. The standard InChI is InChI=1S/C19H31N3O/c1-5-23-18(14(2)3)10-11-21-19(20-4)22-13-16-12-15-8-6-7-9-17(15)16/h6-9,14,16,18H,5,10-13H2,1-4H3,(H2,20,21,22). The summed E-state index contributed by atoms with van der Waals surface area (Å²) in [6.07, 6.45) is 2.47. The van der Waals surface area contributed by atoms with Gasteiger partial charge in [0.05, 0.1) is 6.10 Å². The second kappa shape index (κ2) is 8.92. The van der Waals surface area contributed by atoms with Crippen LogP contribution in [0.4, 0.5) is 0 Å². The molecule has 2 atom stereocenters. The van der Waals surface area contributed by atoms with Gasteiger partial charge in [0.15, 0.2) is 5.96 Å². The van der Waals surface area contributed by atoms with E-state index in [4.69, 9.17) is 4.74 Å². The minimum absolute atomic E-state index is 0.309. The Morgan fingerprint density at radius 3 is 2.74 bits per heavy atom. The van der Waals surface area contributed by atoms with Crippen LogP contribution in [0.3, 0.4) is 0 Å². The van der Waals surface area contributed by atoms with Crippen molar-refractivity contribution in [3.8, 4) is 0 Å². The predicted octanol–water partition coefficient (Wildman–Crippen LogP) is 2.94. The van der Waals surface area contributed by atoms with Gasteiger partial charge in [0.1, 0.15) is 0 Å². The highest BCUT2D eigenvalue weighted by molar-refractivity contribution is 5.79. The second-order valence-corrected chi connectivity index (χ2v) is 6.51. The van der Waals surface area contributed by atoms with Crippen LogP contribution in [0.2, 0.25) is 0 Å². The molecule has 0 saturated carbocycles. The zero-order chi connectivity index (χ0) is 16.7. The topological polar surface area (TPSA) is 45.6 Å². The van der Waals surface area contributed by atoms with E-state index in [0.29, 0.717) is 17.9 Å². The Bertz CT molecular complexity index is 513. The average Bonchev–Trinajstić information content (AvgIpc) is 2.52. The number of benzene rings is 1. The third kappa shape index (κ3) is 4.96. The van der Waals surface area contributed by atoms with Gasteiger partial charge in [0.25, 0.3) is 0 Å². The largest absolute Gasteiger partial charge is 0.378 e. The molecule has 0 heterocycles. The molecule has 2 rings (SSSR count). The van der Waals surface area contributed by atoms with Gasteiger partial charge in [0.2, 0.25) is 0 Å². The zero-order valence-electron chi connectivity index (χ0n) is 14.9. The van der Waals surface area contributed by atoms with Gasteiger partial charge in [-0.3, -0.25) is 4.99 Å². The third-order valence-electron chi connectivity index (χ3n) is 4.55. The smallest absolute Gasteiger partial charge is 0.190 e. The number of fused-ring (bicyclic) bond motifs is 1. The molecule has 0 radical (unpaired) electrons. The van der Waals surface area contributed by atoms with Crippen LogP contribution < -0.4 is 10.6 Å². The number of aliphatic imine (C=N–C) groups is 1. The number of hydrogen-bond donors (Lipinski definition) is 2. The van der Waals surface area contributed by atoms with E-state index in [1.54, 1.807) is 0 Å². The molecule has 128 valence electrons. The molecule has 23 heavy (non-hydrogen) atoms. The maximum Gasteiger partial charge on any atom is 0.190 e. The third-order valence-corrected chi connectivity index (χ3v) is 4.55. The number of nitrogens with one attached hydrogen (secondary N) is 2. The molecule has 0 aromatic heterocycles. The summed E-state index contributed by atoms with van der Waals surface area (Å²) >= 11 is 0. The summed E-state index contributed by atoms with van der Waals surface area (Å²) in [5.74, 6) is 2.03. The molecule has 0 fully saturated rings. The van der Waals surface area contributed by atoms with E-state index in [2.05, 4.69) is 60.7 Å². The van der Waals surface area contributed by atoms with Gasteiger partial charge in [-0.05, 0) is 36.8 Å². The summed E-state index contributed by atoms with van der Waals surface area (Å²) in [6.45, 7) is 9.07. The van der Waals surface area contributed by atoms with Crippen molar-refractivity contribution in [2.45, 2.75) is 45.6 Å². The second-order valence-electron chi connectivity index (χ2n) is 6.51. The van der Waals surface area contributed by atoms with E-state index in [1.807, 2.05) is 7.05 Å². The molecule has 2 unspecified atom stereocenters. The van der Waals surface area contributed by atoms with Crippen LogP contribution >= 0.6 is 0 Å². The number of rotatable bonds is 8. The summed E-state index contributed by atoms with van der Waals surface area (Å²) < 4.78 is 5.78. The lowest BCUT2D eigenvalue weighted by Gasteiger charge is -2.30. The van der Waals surface area contributed by atoms with Crippen molar-refractivity contribution in [2.75, 3.05) is 26.7 Å². The maximum atomic E-state index is 5.78. The molecule has 0 spiro atoms. The quantitative estimate of drug-likeness (QED) is 0.572. The highest BCUT2D eigenvalue weighted by Crippen LogP contribution is 2.33. The van der Waals surface area contributed by atoms with Crippen LogP contribution in [0.1, 0.15) is 44.2 Å². The fourth-order valence-electron chi connectivity index (χ4n) is 3.14. The number of ether oxygens (including phenoxy) is 1. The van der Waals surface area contributed by atoms with Crippen molar-refractivity contribution in [1.29, 1.82) is 0 Å². The van der Waals surface area contributed by atoms with Gasteiger partial charge in [-0.1, -0.05) is 38.1 Å². The maximum absolute atomic E-state index is 5.78. The summed E-state index contributed by atoms with van der Waals surface area (Å²) in [5.41, 5.74) is 2.96. The first-order chi connectivity index (χ1) is 11.2. The Labute approximate surface area is 140 Å². The first-order valence-corrected chi connectivity index (χ1v) is 8.79. The molecule has 1 aliphatic carbocycles. The SMILES string of the molecule is CCOC(CCNC(=NC)NCC1Cc2ccccc21)C(C)C. The van der Waals surface area contributed by atoms with Gasteiger partial charge < -0.3 is 15.4 Å². The lowest BCUT2D eigenvalue weighted by atomic mass is 9.78. The Hall–Kier alpha value is -1.55. The van der Waals surface area contributed by atoms with Crippen molar-refractivity contribution in [3.05, 3.63) is 35.4 Å². The minimum Gasteiger partial charge on any atom is -0.378 e. The molecule has 4 heteroatoms. The van der Waals surface area contributed by atoms with Gasteiger partial charge in [-0.25, -0.2) is 0 Å². The van der Waals surface area contributed by atoms with Crippen molar-refractivity contribution in [1.82, 2.24) is 10.6 Å². The van der Waals surface area contributed by atoms with Gasteiger partial charge in [-0.2, -0.15) is 0 Å².